The Balaban J connectivity index is 3.92. The van der Waals surface area contributed by atoms with E-state index in [4.69, 9.17) is 5.73 Å². The first kappa shape index (κ1) is 14.8. The van der Waals surface area contributed by atoms with Gasteiger partial charge in [0.15, 0.2) is 0 Å². The molecule has 0 aliphatic rings. The third-order valence-corrected chi connectivity index (χ3v) is 3.25. The van der Waals surface area contributed by atoms with Crippen molar-refractivity contribution in [1.29, 1.82) is 0 Å². The van der Waals surface area contributed by atoms with Gasteiger partial charge >= 0.3 is 0 Å². The predicted octanol–water partition coefficient (Wildman–Crippen LogP) is 1.62. The van der Waals surface area contributed by atoms with Crippen LogP contribution in [0.25, 0.3) is 0 Å². The van der Waals surface area contributed by atoms with Crippen LogP contribution < -0.4 is 11.1 Å². The highest BCUT2D eigenvalue weighted by Crippen LogP contribution is 2.09. The van der Waals surface area contributed by atoms with E-state index in [0.717, 1.165) is 25.1 Å². The van der Waals surface area contributed by atoms with Gasteiger partial charge in [0.2, 0.25) is 5.91 Å². The highest BCUT2D eigenvalue weighted by Gasteiger charge is 2.26. The summed E-state index contributed by atoms with van der Waals surface area (Å²) in [4.78, 5) is 11.7. The molecule has 0 aromatic rings. The van der Waals surface area contributed by atoms with Crippen molar-refractivity contribution < 1.29 is 4.79 Å². The topological polar surface area (TPSA) is 55.1 Å². The molecule has 0 rings (SSSR count). The molecule has 2 unspecified atom stereocenters. The van der Waals surface area contributed by atoms with Crippen molar-refractivity contribution in [2.45, 2.75) is 39.2 Å². The maximum absolute atomic E-state index is 11.7. The lowest BCUT2D eigenvalue weighted by molar-refractivity contribution is -0.126. The minimum atomic E-state index is -0.714. The zero-order chi connectivity index (χ0) is 11.9. The molecule has 2 atom stereocenters. The molecule has 0 bridgehead atoms. The molecular formula is C11H24N2OS. The Labute approximate surface area is 97.6 Å². The quantitative estimate of drug-likeness (QED) is 0.701. The Morgan fingerprint density at radius 1 is 1.60 bits per heavy atom. The summed E-state index contributed by atoms with van der Waals surface area (Å²) in [5, 5.41) is 2.92. The summed E-state index contributed by atoms with van der Waals surface area (Å²) >= 11 is 1.80. The smallest absolute Gasteiger partial charge is 0.239 e. The fraction of sp³-hybridized carbons (Fsp3) is 0.909. The van der Waals surface area contributed by atoms with Crippen LogP contribution in [-0.4, -0.2) is 30.0 Å². The first-order valence-electron chi connectivity index (χ1n) is 5.50. The lowest BCUT2D eigenvalue weighted by Gasteiger charge is -2.23. The molecule has 0 aromatic carbocycles. The van der Waals surface area contributed by atoms with Gasteiger partial charge in [-0.2, -0.15) is 11.8 Å². The van der Waals surface area contributed by atoms with Gasteiger partial charge in [0.1, 0.15) is 0 Å². The fourth-order valence-electron chi connectivity index (χ4n) is 1.45. The van der Waals surface area contributed by atoms with Crippen molar-refractivity contribution in [2.75, 3.05) is 18.6 Å². The molecule has 0 fully saturated rings. The molecule has 0 aromatic heterocycles. The van der Waals surface area contributed by atoms with Gasteiger partial charge in [-0.25, -0.2) is 0 Å². The minimum absolute atomic E-state index is 0.0303. The summed E-state index contributed by atoms with van der Waals surface area (Å²) in [7, 11) is 0. The van der Waals surface area contributed by atoms with E-state index < -0.39 is 5.54 Å². The molecule has 0 aliphatic carbocycles. The van der Waals surface area contributed by atoms with Crippen LogP contribution in [0.4, 0.5) is 0 Å². The number of rotatable bonds is 7. The molecule has 0 radical (unpaired) electrons. The lowest BCUT2D eigenvalue weighted by atomic mass is 9.96. The molecule has 0 spiro atoms. The maximum atomic E-state index is 11.7. The molecular weight excluding hydrogens is 208 g/mol. The Kier molecular flexibility index (Phi) is 7.02. The normalized spacial score (nSPS) is 16.9. The Morgan fingerprint density at radius 2 is 2.20 bits per heavy atom. The highest BCUT2D eigenvalue weighted by atomic mass is 32.2. The van der Waals surface area contributed by atoms with Crippen molar-refractivity contribution >= 4 is 17.7 Å². The third-order valence-electron chi connectivity index (χ3n) is 2.35. The van der Waals surface area contributed by atoms with Crippen LogP contribution in [-0.2, 0) is 4.79 Å². The van der Waals surface area contributed by atoms with E-state index in [1.807, 2.05) is 6.92 Å². The monoisotopic (exact) mass is 232 g/mol. The van der Waals surface area contributed by atoms with Crippen molar-refractivity contribution in [3.63, 3.8) is 0 Å². The lowest BCUT2D eigenvalue weighted by Crippen LogP contribution is -2.52. The number of hydrogen-bond donors (Lipinski definition) is 2. The number of nitrogens with two attached hydrogens (primary N) is 1. The summed E-state index contributed by atoms with van der Waals surface area (Å²) in [5.41, 5.74) is 5.20. The predicted molar refractivity (Wildman–Crippen MR) is 68.1 cm³/mol. The standard InChI is InChI=1S/C11H24N2OS/c1-5-6-11(3,12)10(14)13-7-9(2)8-15-4/h9H,5-8,12H2,1-4H3,(H,13,14). The second kappa shape index (κ2) is 7.12. The number of hydrogen-bond acceptors (Lipinski definition) is 3. The molecule has 0 heterocycles. The number of carbonyl (C=O) groups is 1. The molecule has 0 aliphatic heterocycles. The van der Waals surface area contributed by atoms with Gasteiger partial charge in [0.25, 0.3) is 0 Å². The Hall–Kier alpha value is -0.220. The second-order valence-electron chi connectivity index (χ2n) is 4.44. The molecule has 15 heavy (non-hydrogen) atoms. The number of carbonyl (C=O) groups excluding carboxylic acids is 1. The average Bonchev–Trinajstić information content (AvgIpc) is 2.14. The van der Waals surface area contributed by atoms with Crippen LogP contribution in [0.1, 0.15) is 33.6 Å². The third kappa shape index (κ3) is 6.05. The fourth-order valence-corrected chi connectivity index (χ4v) is 2.13. The van der Waals surface area contributed by atoms with Gasteiger partial charge in [0.05, 0.1) is 5.54 Å². The molecule has 0 saturated carbocycles. The number of thioether (sulfide) groups is 1. The average molecular weight is 232 g/mol. The van der Waals surface area contributed by atoms with Crippen molar-refractivity contribution in [3.8, 4) is 0 Å². The number of amides is 1. The van der Waals surface area contributed by atoms with Gasteiger partial charge < -0.3 is 11.1 Å². The molecule has 90 valence electrons. The van der Waals surface area contributed by atoms with Crippen molar-refractivity contribution in [1.82, 2.24) is 5.32 Å². The van der Waals surface area contributed by atoms with Gasteiger partial charge in [-0.05, 0) is 31.3 Å². The van der Waals surface area contributed by atoms with Crippen LogP contribution in [0.2, 0.25) is 0 Å². The summed E-state index contributed by atoms with van der Waals surface area (Å²) < 4.78 is 0. The van der Waals surface area contributed by atoms with E-state index in [9.17, 15) is 4.79 Å². The molecule has 4 heteroatoms. The molecule has 0 saturated heterocycles. The first-order chi connectivity index (χ1) is 6.94. The Morgan fingerprint density at radius 3 is 2.67 bits per heavy atom. The summed E-state index contributed by atoms with van der Waals surface area (Å²) in [6.07, 6.45) is 3.74. The van der Waals surface area contributed by atoms with E-state index in [0.29, 0.717) is 5.92 Å². The van der Waals surface area contributed by atoms with E-state index >= 15 is 0 Å². The van der Waals surface area contributed by atoms with Gasteiger partial charge in [-0.1, -0.05) is 20.3 Å². The van der Waals surface area contributed by atoms with Crippen molar-refractivity contribution in [3.05, 3.63) is 0 Å². The summed E-state index contributed by atoms with van der Waals surface area (Å²) in [6.45, 7) is 6.68. The minimum Gasteiger partial charge on any atom is -0.354 e. The van der Waals surface area contributed by atoms with Crippen LogP contribution in [0.3, 0.4) is 0 Å². The van der Waals surface area contributed by atoms with Crippen LogP contribution >= 0.6 is 11.8 Å². The second-order valence-corrected chi connectivity index (χ2v) is 5.35. The zero-order valence-electron chi connectivity index (χ0n) is 10.3. The van der Waals surface area contributed by atoms with Crippen LogP contribution in [0.5, 0.6) is 0 Å². The van der Waals surface area contributed by atoms with E-state index in [1.165, 1.54) is 0 Å². The summed E-state index contributed by atoms with van der Waals surface area (Å²) in [6, 6.07) is 0. The zero-order valence-corrected chi connectivity index (χ0v) is 11.1. The number of nitrogens with one attached hydrogen (secondary N) is 1. The van der Waals surface area contributed by atoms with Gasteiger partial charge in [-0.15, -0.1) is 0 Å². The van der Waals surface area contributed by atoms with Crippen LogP contribution in [0, 0.1) is 5.92 Å². The summed E-state index contributed by atoms with van der Waals surface area (Å²) in [5.74, 6) is 1.54. The van der Waals surface area contributed by atoms with Crippen LogP contribution in [0.15, 0.2) is 0 Å². The Bertz CT molecular complexity index is 195. The SMILES string of the molecule is CCCC(C)(N)C(=O)NCC(C)CSC. The van der Waals surface area contributed by atoms with Crippen molar-refractivity contribution in [2.24, 2.45) is 11.7 Å². The van der Waals surface area contributed by atoms with E-state index in [1.54, 1.807) is 18.7 Å². The maximum Gasteiger partial charge on any atom is 0.239 e. The highest BCUT2D eigenvalue weighted by molar-refractivity contribution is 7.98. The first-order valence-corrected chi connectivity index (χ1v) is 6.89. The van der Waals surface area contributed by atoms with Gasteiger partial charge in [0, 0.05) is 6.54 Å². The molecule has 3 N–H and O–H groups in total. The largest absolute Gasteiger partial charge is 0.354 e. The van der Waals surface area contributed by atoms with E-state index in [2.05, 4.69) is 18.5 Å². The van der Waals surface area contributed by atoms with E-state index in [-0.39, 0.29) is 5.91 Å². The molecule has 3 nitrogen and oxygen atoms in total. The molecule has 1 amide bonds. The van der Waals surface area contributed by atoms with Gasteiger partial charge in [-0.3, -0.25) is 4.79 Å².